The van der Waals surface area contributed by atoms with Crippen molar-refractivity contribution in [2.24, 2.45) is 7.05 Å². The van der Waals surface area contributed by atoms with E-state index in [-0.39, 0.29) is 22.9 Å². The fraction of sp³-hybridized carbons (Fsp3) is 0.375. The number of nitrogens with one attached hydrogen (secondary N) is 1. The minimum absolute atomic E-state index is 0.00535. The van der Waals surface area contributed by atoms with E-state index in [4.69, 9.17) is 11.6 Å². The highest BCUT2D eigenvalue weighted by molar-refractivity contribution is 6.31. The summed E-state index contributed by atoms with van der Waals surface area (Å²) in [6, 6.07) is 3.53. The Morgan fingerprint density at radius 2 is 2.26 bits per heavy atom. The Kier molecular flexibility index (Phi) is 5.74. The van der Waals surface area contributed by atoms with Gasteiger partial charge in [0.25, 0.3) is 0 Å². The van der Waals surface area contributed by atoms with Gasteiger partial charge in [0, 0.05) is 30.3 Å². The molecule has 1 heterocycles. The van der Waals surface area contributed by atoms with Gasteiger partial charge >= 0.3 is 0 Å². The topological polar surface area (TPSA) is 67.2 Å². The van der Waals surface area contributed by atoms with E-state index in [1.807, 2.05) is 6.20 Å². The summed E-state index contributed by atoms with van der Waals surface area (Å²) in [6.07, 6.45) is 3.12. The third kappa shape index (κ3) is 4.53. The zero-order valence-electron chi connectivity index (χ0n) is 13.0. The highest BCUT2D eigenvalue weighted by Gasteiger charge is 2.23. The Morgan fingerprint density at radius 1 is 1.52 bits per heavy atom. The molecule has 1 amide bonds. The molecule has 0 saturated heterocycles. The maximum atomic E-state index is 13.8. The second-order valence-electron chi connectivity index (χ2n) is 5.46. The number of aromatic nitrogens is 2. The monoisotopic (exact) mass is 339 g/mol. The Balaban J connectivity index is 1.92. The molecule has 0 aliphatic carbocycles. The van der Waals surface area contributed by atoms with Crippen molar-refractivity contribution in [3.8, 4) is 0 Å². The van der Waals surface area contributed by atoms with Crippen LogP contribution in [0.25, 0.3) is 0 Å². The SMILES string of the molecule is CC(NC(=O)CCc1cnn(C)c1)C(O)c1c(F)cccc1Cl. The summed E-state index contributed by atoms with van der Waals surface area (Å²) in [5.74, 6) is -0.825. The quantitative estimate of drug-likeness (QED) is 0.849. The summed E-state index contributed by atoms with van der Waals surface area (Å²) in [5, 5.41) is 17.1. The van der Waals surface area contributed by atoms with Crippen molar-refractivity contribution in [3.05, 3.63) is 52.6 Å². The number of nitrogens with zero attached hydrogens (tertiary/aromatic N) is 2. The number of hydrogen-bond donors (Lipinski definition) is 2. The summed E-state index contributed by atoms with van der Waals surface area (Å²) >= 11 is 5.93. The summed E-state index contributed by atoms with van der Waals surface area (Å²) in [5.41, 5.74) is 0.947. The number of amides is 1. The predicted octanol–water partition coefficient (Wildman–Crippen LogP) is 2.38. The number of aryl methyl sites for hydroxylation is 2. The molecule has 2 atom stereocenters. The number of benzene rings is 1. The van der Waals surface area contributed by atoms with E-state index in [2.05, 4.69) is 10.4 Å². The van der Waals surface area contributed by atoms with Crippen LogP contribution in [0.1, 0.15) is 30.6 Å². The van der Waals surface area contributed by atoms with Crippen LogP contribution < -0.4 is 5.32 Å². The van der Waals surface area contributed by atoms with Crippen molar-refractivity contribution in [1.29, 1.82) is 0 Å². The summed E-state index contributed by atoms with van der Waals surface area (Å²) in [4.78, 5) is 12.0. The number of carbonyl (C=O) groups is 1. The van der Waals surface area contributed by atoms with E-state index in [0.717, 1.165) is 5.56 Å². The Hall–Kier alpha value is -1.92. The molecule has 2 rings (SSSR count). The van der Waals surface area contributed by atoms with Crippen LogP contribution in [0, 0.1) is 5.82 Å². The van der Waals surface area contributed by atoms with Crippen molar-refractivity contribution >= 4 is 17.5 Å². The third-order valence-corrected chi connectivity index (χ3v) is 3.89. The minimum Gasteiger partial charge on any atom is -0.386 e. The lowest BCUT2D eigenvalue weighted by atomic mass is 10.0. The molecular formula is C16H19ClFN3O2. The van der Waals surface area contributed by atoms with Crippen molar-refractivity contribution < 1.29 is 14.3 Å². The number of carbonyl (C=O) groups excluding carboxylic acids is 1. The predicted molar refractivity (Wildman–Crippen MR) is 85.5 cm³/mol. The summed E-state index contributed by atoms with van der Waals surface area (Å²) < 4.78 is 15.5. The molecule has 0 fully saturated rings. The molecule has 2 N–H and O–H groups in total. The largest absolute Gasteiger partial charge is 0.386 e. The lowest BCUT2D eigenvalue weighted by Gasteiger charge is -2.22. The van der Waals surface area contributed by atoms with Gasteiger partial charge in [-0.05, 0) is 31.0 Å². The second-order valence-corrected chi connectivity index (χ2v) is 5.87. The van der Waals surface area contributed by atoms with E-state index in [0.29, 0.717) is 6.42 Å². The molecular weight excluding hydrogens is 321 g/mol. The standard InChI is InChI=1S/C16H19ClFN3O2/c1-10(16(23)15-12(17)4-3-5-13(15)18)20-14(22)7-6-11-8-19-21(2)9-11/h3-5,8-10,16,23H,6-7H2,1-2H3,(H,20,22). The van der Waals surface area contributed by atoms with Crippen LogP contribution in [-0.2, 0) is 18.3 Å². The van der Waals surface area contributed by atoms with Crippen LogP contribution in [0.15, 0.2) is 30.6 Å². The van der Waals surface area contributed by atoms with E-state index in [1.165, 1.54) is 18.2 Å². The van der Waals surface area contributed by atoms with Crippen molar-refractivity contribution in [2.45, 2.75) is 31.9 Å². The Bertz CT molecular complexity index is 669. The zero-order chi connectivity index (χ0) is 17.0. The van der Waals surface area contributed by atoms with Gasteiger partial charge < -0.3 is 10.4 Å². The maximum Gasteiger partial charge on any atom is 0.220 e. The highest BCUT2D eigenvalue weighted by Crippen LogP contribution is 2.27. The van der Waals surface area contributed by atoms with Crippen LogP contribution in [0.5, 0.6) is 0 Å². The molecule has 0 radical (unpaired) electrons. The number of halogens is 2. The molecule has 2 unspecified atom stereocenters. The lowest BCUT2D eigenvalue weighted by Crippen LogP contribution is -2.37. The molecule has 1 aromatic heterocycles. The van der Waals surface area contributed by atoms with Gasteiger partial charge in [-0.2, -0.15) is 5.10 Å². The average Bonchev–Trinajstić information content (AvgIpc) is 2.90. The first kappa shape index (κ1) is 17.4. The number of rotatable bonds is 6. The molecule has 0 aliphatic rings. The molecule has 1 aromatic carbocycles. The molecule has 0 bridgehead atoms. The molecule has 0 spiro atoms. The number of aliphatic hydroxyl groups is 1. The molecule has 5 nitrogen and oxygen atoms in total. The van der Waals surface area contributed by atoms with Gasteiger partial charge in [-0.25, -0.2) is 4.39 Å². The maximum absolute atomic E-state index is 13.8. The Morgan fingerprint density at radius 3 is 2.87 bits per heavy atom. The van der Waals surface area contributed by atoms with Crippen LogP contribution in [0.4, 0.5) is 4.39 Å². The molecule has 23 heavy (non-hydrogen) atoms. The van der Waals surface area contributed by atoms with Crippen molar-refractivity contribution in [2.75, 3.05) is 0 Å². The average molecular weight is 340 g/mol. The first-order valence-corrected chi connectivity index (χ1v) is 7.65. The summed E-state index contributed by atoms with van der Waals surface area (Å²) in [7, 11) is 1.81. The van der Waals surface area contributed by atoms with Gasteiger partial charge in [0.05, 0.1) is 12.2 Å². The molecule has 2 aromatic rings. The van der Waals surface area contributed by atoms with E-state index < -0.39 is 18.0 Å². The van der Waals surface area contributed by atoms with Crippen LogP contribution in [-0.4, -0.2) is 26.8 Å². The molecule has 0 saturated carbocycles. The van der Waals surface area contributed by atoms with E-state index in [9.17, 15) is 14.3 Å². The zero-order valence-corrected chi connectivity index (χ0v) is 13.7. The normalized spacial score (nSPS) is 13.6. The van der Waals surface area contributed by atoms with Crippen molar-refractivity contribution in [1.82, 2.24) is 15.1 Å². The van der Waals surface area contributed by atoms with Gasteiger partial charge in [0.2, 0.25) is 5.91 Å². The number of hydrogen-bond acceptors (Lipinski definition) is 3. The smallest absolute Gasteiger partial charge is 0.220 e. The fourth-order valence-corrected chi connectivity index (χ4v) is 2.58. The molecule has 0 aliphatic heterocycles. The van der Waals surface area contributed by atoms with Gasteiger partial charge in [-0.15, -0.1) is 0 Å². The number of aliphatic hydroxyl groups excluding tert-OH is 1. The second kappa shape index (κ2) is 7.57. The van der Waals surface area contributed by atoms with E-state index >= 15 is 0 Å². The molecule has 7 heteroatoms. The first-order chi connectivity index (χ1) is 10.9. The summed E-state index contributed by atoms with van der Waals surface area (Å²) in [6.45, 7) is 1.61. The molecule has 124 valence electrons. The van der Waals surface area contributed by atoms with Gasteiger partial charge in [-0.3, -0.25) is 9.48 Å². The lowest BCUT2D eigenvalue weighted by molar-refractivity contribution is -0.122. The van der Waals surface area contributed by atoms with Crippen LogP contribution in [0.2, 0.25) is 5.02 Å². The fourth-order valence-electron chi connectivity index (χ4n) is 2.31. The Labute approximate surface area is 139 Å². The van der Waals surface area contributed by atoms with Gasteiger partial charge in [0.1, 0.15) is 11.9 Å². The van der Waals surface area contributed by atoms with Crippen LogP contribution in [0.3, 0.4) is 0 Å². The van der Waals surface area contributed by atoms with Crippen LogP contribution >= 0.6 is 11.6 Å². The minimum atomic E-state index is -1.22. The highest BCUT2D eigenvalue weighted by atomic mass is 35.5. The first-order valence-electron chi connectivity index (χ1n) is 7.27. The van der Waals surface area contributed by atoms with E-state index in [1.54, 1.807) is 24.9 Å². The third-order valence-electron chi connectivity index (χ3n) is 3.56. The van der Waals surface area contributed by atoms with Crippen molar-refractivity contribution in [3.63, 3.8) is 0 Å². The van der Waals surface area contributed by atoms with Gasteiger partial charge in [-0.1, -0.05) is 17.7 Å². The van der Waals surface area contributed by atoms with Gasteiger partial charge in [0.15, 0.2) is 0 Å².